The molecule has 106 valence electrons. The van der Waals surface area contributed by atoms with E-state index in [0.717, 1.165) is 35.4 Å². The lowest BCUT2D eigenvalue weighted by molar-refractivity contribution is 0.630. The highest BCUT2D eigenvalue weighted by molar-refractivity contribution is 5.89. The smallest absolute Gasteiger partial charge is 0.166 e. The van der Waals surface area contributed by atoms with Crippen molar-refractivity contribution < 1.29 is 4.39 Å². The summed E-state index contributed by atoms with van der Waals surface area (Å²) in [7, 11) is 0. The number of hydrogen-bond acceptors (Lipinski definition) is 3. The summed E-state index contributed by atoms with van der Waals surface area (Å²) < 4.78 is 14.0. The summed E-state index contributed by atoms with van der Waals surface area (Å²) in [5.74, 6) is 0.883. The maximum Gasteiger partial charge on any atom is 0.166 e. The molecule has 0 bridgehead atoms. The van der Waals surface area contributed by atoms with Crippen LogP contribution < -0.4 is 5.32 Å². The molecule has 0 radical (unpaired) electrons. The molecule has 4 nitrogen and oxygen atoms in total. The number of anilines is 1. The molecule has 3 aromatic rings. The van der Waals surface area contributed by atoms with Crippen molar-refractivity contribution in [3.63, 3.8) is 0 Å². The van der Waals surface area contributed by atoms with Crippen LogP contribution in [0.15, 0.2) is 30.3 Å². The van der Waals surface area contributed by atoms with Gasteiger partial charge in [-0.05, 0) is 38.0 Å². The molecule has 4 rings (SSSR count). The van der Waals surface area contributed by atoms with Crippen LogP contribution in [0.3, 0.4) is 0 Å². The second-order valence-corrected chi connectivity index (χ2v) is 5.51. The monoisotopic (exact) mass is 282 g/mol. The van der Waals surface area contributed by atoms with Crippen LogP contribution in [0.1, 0.15) is 18.5 Å². The number of fused-ring (bicyclic) bond motifs is 1. The molecule has 0 amide bonds. The molecule has 1 aliphatic rings. The second kappa shape index (κ2) is 4.55. The van der Waals surface area contributed by atoms with Crippen LogP contribution in [-0.2, 0) is 0 Å². The first-order chi connectivity index (χ1) is 10.2. The van der Waals surface area contributed by atoms with E-state index < -0.39 is 0 Å². The van der Waals surface area contributed by atoms with Crippen molar-refractivity contribution in [2.45, 2.75) is 25.8 Å². The highest BCUT2D eigenvalue weighted by Crippen LogP contribution is 2.30. The Labute approximate surface area is 121 Å². The summed E-state index contributed by atoms with van der Waals surface area (Å²) in [5, 5.41) is 4.37. The Morgan fingerprint density at radius 1 is 1.24 bits per heavy atom. The van der Waals surface area contributed by atoms with E-state index in [1.807, 2.05) is 13.0 Å². The molecule has 1 saturated carbocycles. The summed E-state index contributed by atoms with van der Waals surface area (Å²) in [6, 6.07) is 9.08. The molecular weight excluding hydrogens is 267 g/mol. The minimum atomic E-state index is -0.308. The number of H-pyrrole nitrogens is 1. The van der Waals surface area contributed by atoms with Gasteiger partial charge in [0.25, 0.3) is 0 Å². The van der Waals surface area contributed by atoms with Gasteiger partial charge in [0.15, 0.2) is 5.82 Å². The van der Waals surface area contributed by atoms with Gasteiger partial charge in [0.1, 0.15) is 17.3 Å². The standard InChI is InChI=1S/C16H15FN4/c1-9-8-12-15(18-9)20-14(11-4-2-3-5-13(11)17)21-16(12)19-10-6-7-10/h2-5,8,10H,6-7H2,1H3,(H2,18,19,20,21). The van der Waals surface area contributed by atoms with Crippen molar-refractivity contribution in [3.8, 4) is 11.4 Å². The van der Waals surface area contributed by atoms with Crippen molar-refractivity contribution in [1.82, 2.24) is 15.0 Å². The fourth-order valence-corrected chi connectivity index (χ4v) is 2.43. The second-order valence-electron chi connectivity index (χ2n) is 5.51. The Kier molecular flexibility index (Phi) is 2.67. The van der Waals surface area contributed by atoms with Gasteiger partial charge in [0, 0.05) is 11.7 Å². The average Bonchev–Trinajstić information content (AvgIpc) is 3.19. The van der Waals surface area contributed by atoms with Crippen LogP contribution >= 0.6 is 0 Å². The largest absolute Gasteiger partial charge is 0.367 e. The van der Waals surface area contributed by atoms with E-state index in [1.54, 1.807) is 18.2 Å². The Hall–Kier alpha value is -2.43. The molecule has 2 aromatic heterocycles. The first kappa shape index (κ1) is 12.3. The van der Waals surface area contributed by atoms with Gasteiger partial charge in [-0.1, -0.05) is 12.1 Å². The molecule has 1 aromatic carbocycles. The predicted molar refractivity (Wildman–Crippen MR) is 80.7 cm³/mol. The van der Waals surface area contributed by atoms with Crippen LogP contribution in [0.5, 0.6) is 0 Å². The molecule has 2 heterocycles. The van der Waals surface area contributed by atoms with Crippen LogP contribution in [0.4, 0.5) is 10.2 Å². The lowest BCUT2D eigenvalue weighted by Crippen LogP contribution is -2.05. The molecule has 1 aliphatic carbocycles. The molecule has 0 spiro atoms. The number of rotatable bonds is 3. The van der Waals surface area contributed by atoms with Gasteiger partial charge in [-0.2, -0.15) is 0 Å². The molecule has 0 aliphatic heterocycles. The minimum Gasteiger partial charge on any atom is -0.367 e. The van der Waals surface area contributed by atoms with Crippen molar-refractivity contribution in [2.75, 3.05) is 5.32 Å². The van der Waals surface area contributed by atoms with Gasteiger partial charge in [-0.3, -0.25) is 0 Å². The van der Waals surface area contributed by atoms with Crippen LogP contribution in [0.2, 0.25) is 0 Å². The topological polar surface area (TPSA) is 53.6 Å². The average molecular weight is 282 g/mol. The molecule has 21 heavy (non-hydrogen) atoms. The number of nitrogens with one attached hydrogen (secondary N) is 2. The van der Waals surface area contributed by atoms with Crippen LogP contribution in [0, 0.1) is 12.7 Å². The zero-order valence-corrected chi connectivity index (χ0v) is 11.7. The van der Waals surface area contributed by atoms with Crippen molar-refractivity contribution in [2.24, 2.45) is 0 Å². The maximum absolute atomic E-state index is 14.0. The fourth-order valence-electron chi connectivity index (χ4n) is 2.43. The van der Waals surface area contributed by atoms with E-state index in [4.69, 9.17) is 0 Å². The van der Waals surface area contributed by atoms with E-state index >= 15 is 0 Å². The lowest BCUT2D eigenvalue weighted by Gasteiger charge is -2.08. The molecule has 1 fully saturated rings. The summed E-state index contributed by atoms with van der Waals surface area (Å²) in [5.41, 5.74) is 2.18. The van der Waals surface area contributed by atoms with Gasteiger partial charge in [0.05, 0.1) is 10.9 Å². The number of aryl methyl sites for hydroxylation is 1. The quantitative estimate of drug-likeness (QED) is 0.771. The Morgan fingerprint density at radius 3 is 2.81 bits per heavy atom. The van der Waals surface area contributed by atoms with Crippen molar-refractivity contribution in [1.29, 1.82) is 0 Å². The molecule has 0 unspecified atom stereocenters. The molecule has 0 saturated heterocycles. The van der Waals surface area contributed by atoms with Gasteiger partial charge in [-0.15, -0.1) is 0 Å². The summed E-state index contributed by atoms with van der Waals surface area (Å²) >= 11 is 0. The number of aromatic amines is 1. The highest BCUT2D eigenvalue weighted by atomic mass is 19.1. The number of benzene rings is 1. The molecular formula is C16H15FN4. The van der Waals surface area contributed by atoms with Gasteiger partial charge in [0.2, 0.25) is 0 Å². The van der Waals surface area contributed by atoms with E-state index in [9.17, 15) is 4.39 Å². The predicted octanol–water partition coefficient (Wildman–Crippen LogP) is 3.65. The van der Waals surface area contributed by atoms with E-state index in [0.29, 0.717) is 17.4 Å². The summed E-state index contributed by atoms with van der Waals surface area (Å²) in [4.78, 5) is 12.2. The third-order valence-electron chi connectivity index (χ3n) is 3.66. The normalized spacial score (nSPS) is 14.6. The lowest BCUT2D eigenvalue weighted by atomic mass is 10.2. The van der Waals surface area contributed by atoms with Crippen molar-refractivity contribution in [3.05, 3.63) is 41.8 Å². The van der Waals surface area contributed by atoms with Crippen LogP contribution in [0.25, 0.3) is 22.4 Å². The fraction of sp³-hybridized carbons (Fsp3) is 0.250. The van der Waals surface area contributed by atoms with E-state index in [2.05, 4.69) is 20.3 Å². The Balaban J connectivity index is 1.91. The third-order valence-corrected chi connectivity index (χ3v) is 3.66. The zero-order chi connectivity index (χ0) is 14.4. The highest BCUT2D eigenvalue weighted by Gasteiger charge is 2.23. The molecule has 0 atom stereocenters. The number of halogens is 1. The summed E-state index contributed by atoms with van der Waals surface area (Å²) in [6.07, 6.45) is 2.31. The van der Waals surface area contributed by atoms with Gasteiger partial charge in [-0.25, -0.2) is 14.4 Å². The van der Waals surface area contributed by atoms with Crippen molar-refractivity contribution >= 4 is 16.9 Å². The van der Waals surface area contributed by atoms with E-state index in [1.165, 1.54) is 6.07 Å². The number of nitrogens with zero attached hydrogens (tertiary/aromatic N) is 2. The van der Waals surface area contributed by atoms with Gasteiger partial charge < -0.3 is 10.3 Å². The Bertz CT molecular complexity index is 820. The van der Waals surface area contributed by atoms with Crippen LogP contribution in [-0.4, -0.2) is 21.0 Å². The molecule has 5 heteroatoms. The third kappa shape index (κ3) is 2.24. The maximum atomic E-state index is 14.0. The first-order valence-electron chi connectivity index (χ1n) is 7.09. The number of hydrogen-bond donors (Lipinski definition) is 2. The minimum absolute atomic E-state index is 0.308. The molecule has 2 N–H and O–H groups in total. The van der Waals surface area contributed by atoms with E-state index in [-0.39, 0.29) is 5.82 Å². The Morgan fingerprint density at radius 2 is 2.05 bits per heavy atom. The summed E-state index contributed by atoms with van der Waals surface area (Å²) in [6.45, 7) is 1.98. The first-order valence-corrected chi connectivity index (χ1v) is 7.09. The zero-order valence-electron chi connectivity index (χ0n) is 11.7. The SMILES string of the molecule is Cc1cc2c(NC3CC3)nc(-c3ccccc3F)nc2[nH]1. The van der Waals surface area contributed by atoms with Gasteiger partial charge >= 0.3 is 0 Å². The number of aromatic nitrogens is 3.